The first-order valence-electron chi connectivity index (χ1n) is 5.56. The quantitative estimate of drug-likeness (QED) is 0.775. The maximum absolute atomic E-state index is 11.6. The number of aromatic nitrogens is 2. The van der Waals surface area contributed by atoms with Gasteiger partial charge in [0, 0.05) is 18.7 Å². The lowest BCUT2D eigenvalue weighted by Gasteiger charge is -2.27. The van der Waals surface area contributed by atoms with Gasteiger partial charge in [-0.25, -0.2) is 4.68 Å². The van der Waals surface area contributed by atoms with Crippen LogP contribution in [0.1, 0.15) is 25.7 Å². The summed E-state index contributed by atoms with van der Waals surface area (Å²) < 4.78 is 1.42. The first-order valence-corrected chi connectivity index (χ1v) is 6.20. The van der Waals surface area contributed by atoms with Gasteiger partial charge >= 0.3 is 0 Å². The van der Waals surface area contributed by atoms with Crippen LogP contribution in [-0.2, 0) is 6.54 Å². The molecule has 0 saturated heterocycles. The van der Waals surface area contributed by atoms with E-state index in [0.29, 0.717) is 6.54 Å². The fourth-order valence-electron chi connectivity index (χ4n) is 2.41. The topological polar surface area (TPSA) is 54.9 Å². The zero-order valence-corrected chi connectivity index (χ0v) is 10.0. The number of aromatic amines is 1. The summed E-state index contributed by atoms with van der Waals surface area (Å²) in [5.41, 5.74) is -0.295. The van der Waals surface area contributed by atoms with Crippen molar-refractivity contribution in [3.8, 4) is 0 Å². The predicted octanol–water partition coefficient (Wildman–Crippen LogP) is 1.03. The highest BCUT2D eigenvalue weighted by Gasteiger charge is 2.33. The van der Waals surface area contributed by atoms with E-state index >= 15 is 0 Å². The molecule has 1 saturated carbocycles. The molecule has 5 heteroatoms. The highest BCUT2D eigenvalue weighted by atomic mass is 32.1. The van der Waals surface area contributed by atoms with Crippen LogP contribution in [0.5, 0.6) is 0 Å². The van der Waals surface area contributed by atoms with Gasteiger partial charge in [0.15, 0.2) is 0 Å². The summed E-state index contributed by atoms with van der Waals surface area (Å²) in [4.78, 5) is 22.8. The number of nitrogens with zero attached hydrogens (tertiary/aromatic N) is 1. The highest BCUT2D eigenvalue weighted by Crippen LogP contribution is 2.39. The SMILES string of the molecule is O=c1ccc(=O)n(CC2(CS)CCCC2)[nH]1. The molecule has 1 N–H and O–H groups in total. The first-order chi connectivity index (χ1) is 7.65. The summed E-state index contributed by atoms with van der Waals surface area (Å²) in [6.45, 7) is 0.575. The molecule has 1 aromatic heterocycles. The second-order valence-electron chi connectivity index (χ2n) is 4.60. The zero-order valence-electron chi connectivity index (χ0n) is 9.11. The van der Waals surface area contributed by atoms with Gasteiger partial charge in [0.05, 0.1) is 0 Å². The van der Waals surface area contributed by atoms with Crippen molar-refractivity contribution >= 4 is 12.6 Å². The van der Waals surface area contributed by atoms with E-state index in [1.165, 1.54) is 29.7 Å². The molecule has 88 valence electrons. The Bertz CT molecular complexity index is 471. The predicted molar refractivity (Wildman–Crippen MR) is 66.1 cm³/mol. The first kappa shape index (κ1) is 11.5. The fourth-order valence-corrected chi connectivity index (χ4v) is 2.82. The molecule has 1 fully saturated rings. The Morgan fingerprint density at radius 3 is 2.62 bits per heavy atom. The Kier molecular flexibility index (Phi) is 3.23. The number of nitrogens with one attached hydrogen (secondary N) is 1. The van der Waals surface area contributed by atoms with E-state index in [9.17, 15) is 9.59 Å². The molecule has 0 aliphatic heterocycles. The molecule has 1 aliphatic rings. The number of thiol groups is 1. The molecule has 4 nitrogen and oxygen atoms in total. The second kappa shape index (κ2) is 4.49. The van der Waals surface area contributed by atoms with Crippen molar-refractivity contribution in [1.29, 1.82) is 0 Å². The van der Waals surface area contributed by atoms with Crippen molar-refractivity contribution in [2.45, 2.75) is 32.2 Å². The molecule has 0 unspecified atom stereocenters. The van der Waals surface area contributed by atoms with E-state index in [-0.39, 0.29) is 16.5 Å². The minimum absolute atomic E-state index is 0.0806. The highest BCUT2D eigenvalue weighted by molar-refractivity contribution is 7.80. The van der Waals surface area contributed by atoms with Crippen LogP contribution in [0.3, 0.4) is 0 Å². The van der Waals surface area contributed by atoms with Gasteiger partial charge in [-0.05, 0) is 24.0 Å². The number of hydrogen-bond acceptors (Lipinski definition) is 3. The second-order valence-corrected chi connectivity index (χ2v) is 4.92. The third kappa shape index (κ3) is 2.24. The normalized spacial score (nSPS) is 18.8. The van der Waals surface area contributed by atoms with Crippen LogP contribution in [-0.4, -0.2) is 15.5 Å². The van der Waals surface area contributed by atoms with Gasteiger partial charge in [-0.1, -0.05) is 12.8 Å². The van der Waals surface area contributed by atoms with E-state index in [1.807, 2.05) is 0 Å². The Morgan fingerprint density at radius 2 is 2.00 bits per heavy atom. The minimum atomic E-state index is -0.230. The molecule has 0 radical (unpaired) electrons. The Balaban J connectivity index is 2.28. The smallest absolute Gasteiger partial charge is 0.265 e. The third-order valence-corrected chi connectivity index (χ3v) is 4.05. The summed E-state index contributed by atoms with van der Waals surface area (Å²) in [5, 5.41) is 2.58. The van der Waals surface area contributed by atoms with Crippen LogP contribution in [0.2, 0.25) is 0 Å². The molecule has 16 heavy (non-hydrogen) atoms. The van der Waals surface area contributed by atoms with Gasteiger partial charge in [-0.15, -0.1) is 0 Å². The fraction of sp³-hybridized carbons (Fsp3) is 0.636. The van der Waals surface area contributed by atoms with Crippen molar-refractivity contribution in [1.82, 2.24) is 9.78 Å². The van der Waals surface area contributed by atoms with E-state index in [4.69, 9.17) is 0 Å². The lowest BCUT2D eigenvalue weighted by atomic mass is 9.88. The van der Waals surface area contributed by atoms with E-state index in [0.717, 1.165) is 18.6 Å². The molecule has 0 spiro atoms. The van der Waals surface area contributed by atoms with Crippen LogP contribution in [0.4, 0.5) is 0 Å². The Hall–Kier alpha value is -0.970. The Labute approximate surface area is 99.1 Å². The van der Waals surface area contributed by atoms with Gasteiger partial charge in [-0.3, -0.25) is 14.7 Å². The van der Waals surface area contributed by atoms with Crippen LogP contribution >= 0.6 is 12.6 Å². The van der Waals surface area contributed by atoms with E-state index < -0.39 is 0 Å². The van der Waals surface area contributed by atoms with Crippen molar-refractivity contribution in [2.24, 2.45) is 5.41 Å². The lowest BCUT2D eigenvalue weighted by molar-refractivity contribution is 0.269. The van der Waals surface area contributed by atoms with E-state index in [1.54, 1.807) is 0 Å². The largest absolute Gasteiger partial charge is 0.268 e. The van der Waals surface area contributed by atoms with Crippen LogP contribution in [0, 0.1) is 5.41 Å². The van der Waals surface area contributed by atoms with Gasteiger partial charge in [0.1, 0.15) is 0 Å². The van der Waals surface area contributed by atoms with Gasteiger partial charge in [-0.2, -0.15) is 12.6 Å². The van der Waals surface area contributed by atoms with Gasteiger partial charge < -0.3 is 0 Å². The molecule has 1 heterocycles. The van der Waals surface area contributed by atoms with Crippen LogP contribution < -0.4 is 11.1 Å². The zero-order chi connectivity index (χ0) is 11.6. The monoisotopic (exact) mass is 240 g/mol. The summed E-state index contributed by atoms with van der Waals surface area (Å²) >= 11 is 4.38. The van der Waals surface area contributed by atoms with E-state index in [2.05, 4.69) is 17.7 Å². The number of hydrogen-bond donors (Lipinski definition) is 2. The molecular weight excluding hydrogens is 224 g/mol. The van der Waals surface area contributed by atoms with Gasteiger partial charge in [0.25, 0.3) is 11.1 Å². The maximum atomic E-state index is 11.6. The molecule has 1 aromatic rings. The molecule has 1 aliphatic carbocycles. The molecule has 0 amide bonds. The average molecular weight is 240 g/mol. The van der Waals surface area contributed by atoms with Crippen LogP contribution in [0.15, 0.2) is 21.7 Å². The van der Waals surface area contributed by atoms with Crippen LogP contribution in [0.25, 0.3) is 0 Å². The van der Waals surface area contributed by atoms with Crippen molar-refractivity contribution in [3.63, 3.8) is 0 Å². The lowest BCUT2D eigenvalue weighted by Crippen LogP contribution is -2.35. The molecule has 2 rings (SSSR count). The molecule has 0 bridgehead atoms. The van der Waals surface area contributed by atoms with Crippen molar-refractivity contribution in [2.75, 3.05) is 5.75 Å². The number of rotatable bonds is 3. The number of H-pyrrole nitrogens is 1. The third-order valence-electron chi connectivity index (χ3n) is 3.38. The minimum Gasteiger partial charge on any atom is -0.268 e. The average Bonchev–Trinajstić information content (AvgIpc) is 2.73. The summed E-state index contributed by atoms with van der Waals surface area (Å²) in [5.74, 6) is 0.760. The summed E-state index contributed by atoms with van der Waals surface area (Å²) in [6, 6.07) is 2.58. The van der Waals surface area contributed by atoms with Crippen molar-refractivity contribution < 1.29 is 0 Å². The standard InChI is InChI=1S/C11H16N2O2S/c14-9-3-4-10(15)13(12-9)7-11(8-16)5-1-2-6-11/h3-4,16H,1-2,5-8H2,(H,12,14). The van der Waals surface area contributed by atoms with Gasteiger partial charge in [0.2, 0.25) is 0 Å². The molecular formula is C11H16N2O2S. The van der Waals surface area contributed by atoms with Crippen molar-refractivity contribution in [3.05, 3.63) is 32.8 Å². The molecule has 0 aromatic carbocycles. The summed E-state index contributed by atoms with van der Waals surface area (Å²) in [7, 11) is 0. The molecule has 0 atom stereocenters. The summed E-state index contributed by atoms with van der Waals surface area (Å²) in [6.07, 6.45) is 4.54. The maximum Gasteiger partial charge on any atom is 0.265 e. The Morgan fingerprint density at radius 1 is 1.31 bits per heavy atom.